The molecule has 2 fully saturated rings. The monoisotopic (exact) mass is 548 g/mol. The maximum absolute atomic E-state index is 11.9. The maximum atomic E-state index is 11.9. The molecule has 5 rings (SSSR count). The lowest BCUT2D eigenvalue weighted by molar-refractivity contribution is -0.151. The van der Waals surface area contributed by atoms with Crippen LogP contribution in [-0.2, 0) is 19.0 Å². The number of esters is 1. The van der Waals surface area contributed by atoms with Crippen molar-refractivity contribution in [3.63, 3.8) is 0 Å². The fourth-order valence-electron chi connectivity index (χ4n) is 5.26. The van der Waals surface area contributed by atoms with Gasteiger partial charge in [0.05, 0.1) is 13.2 Å². The highest BCUT2D eigenvalue weighted by molar-refractivity contribution is 5.84. The second-order valence-corrected chi connectivity index (χ2v) is 11.1. The van der Waals surface area contributed by atoms with Crippen molar-refractivity contribution in [1.82, 2.24) is 4.90 Å². The molecule has 1 saturated carbocycles. The second-order valence-electron chi connectivity index (χ2n) is 11.1. The number of nitrogens with zero attached hydrogens (tertiary/aromatic N) is 1. The van der Waals surface area contributed by atoms with Gasteiger partial charge in [0.15, 0.2) is 0 Å². The summed E-state index contributed by atoms with van der Waals surface area (Å²) >= 11 is 0. The molecule has 0 spiro atoms. The molecule has 214 valence electrons. The van der Waals surface area contributed by atoms with Crippen LogP contribution in [0.2, 0.25) is 0 Å². The molecule has 1 saturated heterocycles. The molecule has 8 nitrogen and oxygen atoms in total. The lowest BCUT2D eigenvalue weighted by Crippen LogP contribution is -2.46. The van der Waals surface area contributed by atoms with Gasteiger partial charge in [-0.3, -0.25) is 15.0 Å². The molecule has 40 heavy (non-hydrogen) atoms. The largest absolute Gasteiger partial charge is 0.462 e. The number of hydrogen-bond acceptors (Lipinski definition) is 6. The Hall–Kier alpha value is -3.99. The molecule has 1 aromatic carbocycles. The molecule has 1 N–H and O–H groups in total. The summed E-state index contributed by atoms with van der Waals surface area (Å²) in [4.78, 5) is 36.0. The minimum absolute atomic E-state index is 0.0200. The highest BCUT2D eigenvalue weighted by Gasteiger charge is 2.49. The fourth-order valence-corrected chi connectivity index (χ4v) is 5.26. The molecular weight excluding hydrogens is 508 g/mol. The van der Waals surface area contributed by atoms with E-state index >= 15 is 0 Å². The van der Waals surface area contributed by atoms with E-state index in [1.807, 2.05) is 51.1 Å². The van der Waals surface area contributed by atoms with Crippen LogP contribution in [0.5, 0.6) is 0 Å². The number of carbonyl (C=O) groups excluding carboxylic acids is 3. The van der Waals surface area contributed by atoms with Crippen LogP contribution in [0.1, 0.15) is 58.9 Å². The first-order chi connectivity index (χ1) is 18.9. The van der Waals surface area contributed by atoms with Crippen LogP contribution in [0.4, 0.5) is 15.3 Å². The van der Waals surface area contributed by atoms with Gasteiger partial charge in [0, 0.05) is 24.6 Å². The fraction of sp³-hybridized carbons (Fsp3) is 0.469. The van der Waals surface area contributed by atoms with Crippen molar-refractivity contribution in [1.29, 1.82) is 0 Å². The van der Waals surface area contributed by atoms with Crippen molar-refractivity contribution < 1.29 is 28.6 Å². The molecule has 0 radical (unpaired) electrons. The highest BCUT2D eigenvalue weighted by Crippen LogP contribution is 2.41. The Balaban J connectivity index is 0.000000182. The molecule has 0 bridgehead atoms. The Morgan fingerprint density at radius 3 is 2.23 bits per heavy atom. The van der Waals surface area contributed by atoms with E-state index in [1.54, 1.807) is 4.90 Å². The Kier molecular flexibility index (Phi) is 10.2. The molecule has 1 aromatic rings. The molecule has 8 heteroatoms. The number of anilines is 1. The number of ether oxygens (including phenoxy) is 3. The lowest BCUT2D eigenvalue weighted by Gasteiger charge is -2.35. The summed E-state index contributed by atoms with van der Waals surface area (Å²) in [7, 11) is 1.36. The van der Waals surface area contributed by atoms with Crippen LogP contribution in [0, 0.1) is 25.2 Å². The topological polar surface area (TPSA) is 94.2 Å². The third-order valence-corrected chi connectivity index (χ3v) is 7.00. The second kappa shape index (κ2) is 13.4. The minimum Gasteiger partial charge on any atom is -0.462 e. The van der Waals surface area contributed by atoms with Crippen molar-refractivity contribution in [2.45, 2.75) is 84.1 Å². The first-order valence-corrected chi connectivity index (χ1v) is 13.6. The van der Waals surface area contributed by atoms with Gasteiger partial charge in [-0.15, -0.1) is 6.42 Å². The Labute approximate surface area is 237 Å². The number of para-hydroxylation sites is 1. The molecule has 0 aromatic heterocycles. The number of nitrogens with one attached hydrogen (secondary N) is 1. The minimum atomic E-state index is -0.459. The van der Waals surface area contributed by atoms with Gasteiger partial charge in [-0.05, 0) is 82.2 Å². The molecule has 3 aliphatic carbocycles. The van der Waals surface area contributed by atoms with Gasteiger partial charge in [-0.2, -0.15) is 0 Å². The number of hydrogen-bond donors (Lipinski definition) is 1. The third-order valence-electron chi connectivity index (χ3n) is 7.00. The number of rotatable bonds is 2. The number of terminal acetylenes is 1. The van der Waals surface area contributed by atoms with Gasteiger partial charge in [-0.25, -0.2) is 9.59 Å². The summed E-state index contributed by atoms with van der Waals surface area (Å²) in [5.74, 6) is 2.49. The molecular formula is C32H40N2O6. The van der Waals surface area contributed by atoms with E-state index in [9.17, 15) is 14.4 Å². The molecule has 4 atom stereocenters. The van der Waals surface area contributed by atoms with Crippen molar-refractivity contribution in [2.24, 2.45) is 5.92 Å². The van der Waals surface area contributed by atoms with Gasteiger partial charge in [0.25, 0.3) is 0 Å². The zero-order chi connectivity index (χ0) is 29.4. The number of likely N-dealkylation sites (tertiary alicyclic amines) is 1. The number of methoxy groups -OCH3 is 1. The number of amides is 2. The van der Waals surface area contributed by atoms with Crippen LogP contribution in [0.15, 0.2) is 48.5 Å². The van der Waals surface area contributed by atoms with Gasteiger partial charge >= 0.3 is 18.2 Å². The zero-order valence-electron chi connectivity index (χ0n) is 24.2. The average molecular weight is 549 g/mol. The summed E-state index contributed by atoms with van der Waals surface area (Å²) in [5.41, 5.74) is 4.63. The van der Waals surface area contributed by atoms with E-state index in [0.717, 1.165) is 24.9 Å². The maximum Gasteiger partial charge on any atom is 0.412 e. The van der Waals surface area contributed by atoms with Crippen LogP contribution < -0.4 is 5.32 Å². The molecule has 1 unspecified atom stereocenters. The van der Waals surface area contributed by atoms with Gasteiger partial charge in [0.1, 0.15) is 11.7 Å². The van der Waals surface area contributed by atoms with Gasteiger partial charge in [0.2, 0.25) is 0 Å². The van der Waals surface area contributed by atoms with Crippen LogP contribution >= 0.6 is 0 Å². The lowest BCUT2D eigenvalue weighted by atomic mass is 9.82. The van der Waals surface area contributed by atoms with Gasteiger partial charge < -0.3 is 14.2 Å². The molecule has 1 heterocycles. The first-order valence-electron chi connectivity index (χ1n) is 13.6. The number of fused-ring (bicyclic) bond motifs is 2. The van der Waals surface area contributed by atoms with Crippen LogP contribution in [0.3, 0.4) is 0 Å². The SMILES string of the molecule is C#CC1C[C@H]2[C@@H](OC(C)=O)CCC[C@H]2N1C(=O)OC.CC(C)(C)OC(=O)Nc1ccccc1.Cc1cc2ccc1-2. The average Bonchev–Trinajstić information content (AvgIpc) is 3.26. The number of aryl methyl sites for hydroxylation is 1. The normalized spacial score (nSPS) is 21.6. The van der Waals surface area contributed by atoms with Gasteiger partial charge in [-0.1, -0.05) is 42.3 Å². The summed E-state index contributed by atoms with van der Waals surface area (Å²) in [6.07, 6.45) is 7.88. The summed E-state index contributed by atoms with van der Waals surface area (Å²) in [5, 5.41) is 2.64. The predicted octanol–water partition coefficient (Wildman–Crippen LogP) is 6.57. The van der Waals surface area contributed by atoms with E-state index < -0.39 is 11.7 Å². The van der Waals surface area contributed by atoms with E-state index in [1.165, 1.54) is 30.7 Å². The van der Waals surface area contributed by atoms with E-state index in [0.29, 0.717) is 6.42 Å². The standard InChI is InChI=1S/C14H19NO4.C11H15NO2.C7H6/c1-4-10-8-11-12(15(10)14(17)18-3)6-5-7-13(11)19-9(2)16;1-11(2,3)14-10(13)12-9-7-5-4-6-8-9;1-5-4-6-2-3-7(5)6/h1,10-13H,5-8H2,2-3H3;4-8H,1-3H3,(H,12,13);2-4H,1H3/t10?,11-,12-,13+;;/m1../s1. The summed E-state index contributed by atoms with van der Waals surface area (Å²) in [6.45, 7) is 9.05. The number of carbonyl (C=O) groups is 3. The van der Waals surface area contributed by atoms with Crippen molar-refractivity contribution in [3.05, 3.63) is 54.1 Å². The van der Waals surface area contributed by atoms with E-state index in [4.69, 9.17) is 20.6 Å². The summed E-state index contributed by atoms with van der Waals surface area (Å²) < 4.78 is 15.3. The third kappa shape index (κ3) is 8.01. The van der Waals surface area contributed by atoms with Crippen LogP contribution in [-0.4, -0.2) is 54.0 Å². The molecule has 4 aliphatic rings. The predicted molar refractivity (Wildman–Crippen MR) is 155 cm³/mol. The zero-order valence-corrected chi connectivity index (χ0v) is 24.2. The first kappa shape index (κ1) is 30.6. The van der Waals surface area contributed by atoms with Crippen molar-refractivity contribution in [3.8, 4) is 23.5 Å². The number of benzene rings is 2. The quantitative estimate of drug-likeness (QED) is 0.221. The Morgan fingerprint density at radius 1 is 1.07 bits per heavy atom. The molecule has 1 aliphatic heterocycles. The summed E-state index contributed by atoms with van der Waals surface area (Å²) in [6, 6.07) is 15.5. The Morgan fingerprint density at radius 2 is 1.77 bits per heavy atom. The van der Waals surface area contributed by atoms with Crippen LogP contribution in [0.25, 0.3) is 11.1 Å². The van der Waals surface area contributed by atoms with E-state index in [2.05, 4.69) is 36.4 Å². The molecule has 2 amide bonds. The van der Waals surface area contributed by atoms with Crippen molar-refractivity contribution in [2.75, 3.05) is 12.4 Å². The smallest absolute Gasteiger partial charge is 0.412 e. The highest BCUT2D eigenvalue weighted by atomic mass is 16.6. The Bertz CT molecular complexity index is 1230. The van der Waals surface area contributed by atoms with Crippen molar-refractivity contribution >= 4 is 23.8 Å². The van der Waals surface area contributed by atoms with E-state index in [-0.39, 0.29) is 36.2 Å².